The lowest BCUT2D eigenvalue weighted by Gasteiger charge is -2.25. The fourth-order valence-electron chi connectivity index (χ4n) is 2.54. The summed E-state index contributed by atoms with van der Waals surface area (Å²) in [4.78, 5) is 20.2. The maximum absolute atomic E-state index is 12.0. The molecule has 0 radical (unpaired) electrons. The first-order valence-corrected chi connectivity index (χ1v) is 8.58. The van der Waals surface area contributed by atoms with E-state index in [2.05, 4.69) is 39.5 Å². The van der Waals surface area contributed by atoms with Gasteiger partial charge >= 0.3 is 0 Å². The van der Waals surface area contributed by atoms with Gasteiger partial charge in [0, 0.05) is 30.9 Å². The zero-order valence-corrected chi connectivity index (χ0v) is 14.3. The summed E-state index contributed by atoms with van der Waals surface area (Å²) in [5.74, 6) is -0.204. The van der Waals surface area contributed by atoms with Gasteiger partial charge in [0.2, 0.25) is 5.91 Å². The van der Waals surface area contributed by atoms with Crippen molar-refractivity contribution in [2.24, 2.45) is 5.73 Å². The molecule has 1 amide bonds. The van der Waals surface area contributed by atoms with Gasteiger partial charge in [0.1, 0.15) is 0 Å². The molecule has 1 aliphatic rings. The van der Waals surface area contributed by atoms with Crippen LogP contribution in [-0.4, -0.2) is 27.9 Å². The average Bonchev–Trinajstić information content (AvgIpc) is 2.89. The Bertz CT molecular complexity index is 690. The van der Waals surface area contributed by atoms with Crippen molar-refractivity contribution in [2.45, 2.75) is 38.9 Å². The van der Waals surface area contributed by atoms with E-state index in [1.165, 1.54) is 10.4 Å². The van der Waals surface area contributed by atoms with Gasteiger partial charge in [-0.15, -0.1) is 11.3 Å². The molecule has 0 spiro atoms. The minimum atomic E-state index is -0.897. The molecule has 23 heavy (non-hydrogen) atoms. The van der Waals surface area contributed by atoms with Gasteiger partial charge in [-0.2, -0.15) is 0 Å². The van der Waals surface area contributed by atoms with Crippen LogP contribution in [0.5, 0.6) is 0 Å². The highest BCUT2D eigenvalue weighted by Gasteiger charge is 2.25. The second kappa shape index (κ2) is 6.39. The van der Waals surface area contributed by atoms with Crippen molar-refractivity contribution in [3.63, 3.8) is 0 Å². The molecule has 0 atom stereocenters. The molecule has 1 aromatic carbocycles. The van der Waals surface area contributed by atoms with Gasteiger partial charge in [-0.3, -0.25) is 9.69 Å². The number of fused-ring (bicyclic) bond motifs is 1. The van der Waals surface area contributed by atoms with Gasteiger partial charge in [-0.1, -0.05) is 30.3 Å². The van der Waals surface area contributed by atoms with E-state index in [0.717, 1.165) is 31.7 Å². The van der Waals surface area contributed by atoms with Crippen LogP contribution < -0.4 is 11.1 Å². The minimum absolute atomic E-state index is 0.204. The van der Waals surface area contributed by atoms with Crippen LogP contribution in [0.25, 0.3) is 0 Å². The SMILES string of the molecule is CC(C)(N)C(=O)Nc1nc2c(s1)CN(Cc1ccccc1)CC2. The Morgan fingerprint density at radius 1 is 1.39 bits per heavy atom. The van der Waals surface area contributed by atoms with E-state index in [1.807, 2.05) is 6.07 Å². The fourth-order valence-corrected chi connectivity index (χ4v) is 3.58. The number of rotatable bonds is 4. The smallest absolute Gasteiger partial charge is 0.245 e. The van der Waals surface area contributed by atoms with E-state index >= 15 is 0 Å². The van der Waals surface area contributed by atoms with Crippen molar-refractivity contribution >= 4 is 22.4 Å². The lowest BCUT2D eigenvalue weighted by Crippen LogP contribution is -2.45. The summed E-state index contributed by atoms with van der Waals surface area (Å²) >= 11 is 1.55. The molecule has 1 aromatic heterocycles. The van der Waals surface area contributed by atoms with Crippen molar-refractivity contribution in [1.29, 1.82) is 0 Å². The van der Waals surface area contributed by atoms with Gasteiger partial charge in [0.15, 0.2) is 5.13 Å². The molecule has 0 saturated heterocycles. The highest BCUT2D eigenvalue weighted by atomic mass is 32.1. The van der Waals surface area contributed by atoms with E-state index in [1.54, 1.807) is 25.2 Å². The van der Waals surface area contributed by atoms with E-state index in [4.69, 9.17) is 5.73 Å². The summed E-state index contributed by atoms with van der Waals surface area (Å²) in [7, 11) is 0. The number of benzene rings is 1. The number of nitrogens with zero attached hydrogens (tertiary/aromatic N) is 2. The molecular formula is C17H22N4OS. The largest absolute Gasteiger partial charge is 0.318 e. The van der Waals surface area contributed by atoms with Crippen molar-refractivity contribution in [1.82, 2.24) is 9.88 Å². The summed E-state index contributed by atoms with van der Waals surface area (Å²) in [6.45, 7) is 6.19. The number of anilines is 1. The lowest BCUT2D eigenvalue weighted by atomic mass is 10.1. The number of nitrogens with one attached hydrogen (secondary N) is 1. The lowest BCUT2D eigenvalue weighted by molar-refractivity contribution is -0.120. The standard InChI is InChI=1S/C17H22N4OS/c1-17(2,18)15(22)20-16-19-13-8-9-21(11-14(13)23-16)10-12-6-4-3-5-7-12/h3-7H,8-11,18H2,1-2H3,(H,19,20,22). The molecule has 3 N–H and O–H groups in total. The molecule has 0 fully saturated rings. The summed E-state index contributed by atoms with van der Waals surface area (Å²) in [6, 6.07) is 10.5. The first kappa shape index (κ1) is 16.1. The average molecular weight is 330 g/mol. The molecule has 2 heterocycles. The topological polar surface area (TPSA) is 71.2 Å². The Kier molecular flexibility index (Phi) is 4.48. The first-order chi connectivity index (χ1) is 10.9. The summed E-state index contributed by atoms with van der Waals surface area (Å²) in [5.41, 5.74) is 7.34. The van der Waals surface area contributed by atoms with Crippen molar-refractivity contribution in [2.75, 3.05) is 11.9 Å². The summed E-state index contributed by atoms with van der Waals surface area (Å²) in [5, 5.41) is 3.48. The Labute approximate surface area is 140 Å². The number of amides is 1. The number of hydrogen-bond acceptors (Lipinski definition) is 5. The first-order valence-electron chi connectivity index (χ1n) is 7.77. The molecule has 6 heteroatoms. The van der Waals surface area contributed by atoms with Gasteiger partial charge in [0.25, 0.3) is 0 Å². The van der Waals surface area contributed by atoms with E-state index in [-0.39, 0.29) is 5.91 Å². The predicted molar refractivity (Wildman–Crippen MR) is 93.3 cm³/mol. The van der Waals surface area contributed by atoms with E-state index < -0.39 is 5.54 Å². The third kappa shape index (κ3) is 3.96. The zero-order chi connectivity index (χ0) is 16.4. The van der Waals surface area contributed by atoms with Crippen LogP contribution in [0.3, 0.4) is 0 Å². The van der Waals surface area contributed by atoms with Crippen LogP contribution in [0, 0.1) is 0 Å². The van der Waals surface area contributed by atoms with Crippen LogP contribution in [0.1, 0.15) is 30.0 Å². The summed E-state index contributed by atoms with van der Waals surface area (Å²) in [6.07, 6.45) is 0.917. The Hall–Kier alpha value is -1.76. The third-order valence-electron chi connectivity index (χ3n) is 3.86. The molecule has 0 saturated carbocycles. The molecule has 1 aliphatic heterocycles. The second-order valence-corrected chi connectivity index (χ2v) is 7.59. The van der Waals surface area contributed by atoms with Gasteiger partial charge in [0.05, 0.1) is 11.2 Å². The minimum Gasteiger partial charge on any atom is -0.318 e. The Morgan fingerprint density at radius 2 is 2.13 bits per heavy atom. The number of thiazole rings is 1. The monoisotopic (exact) mass is 330 g/mol. The fraction of sp³-hybridized carbons (Fsp3) is 0.412. The van der Waals surface area contributed by atoms with Crippen LogP contribution in [0.15, 0.2) is 30.3 Å². The van der Waals surface area contributed by atoms with Crippen LogP contribution in [0.2, 0.25) is 0 Å². The molecule has 5 nitrogen and oxygen atoms in total. The van der Waals surface area contributed by atoms with Crippen LogP contribution in [0.4, 0.5) is 5.13 Å². The number of hydrogen-bond donors (Lipinski definition) is 2. The Morgan fingerprint density at radius 3 is 2.83 bits per heavy atom. The maximum Gasteiger partial charge on any atom is 0.245 e. The number of aromatic nitrogens is 1. The van der Waals surface area contributed by atoms with Gasteiger partial charge in [-0.05, 0) is 19.4 Å². The van der Waals surface area contributed by atoms with Crippen LogP contribution >= 0.6 is 11.3 Å². The number of carbonyl (C=O) groups excluding carboxylic acids is 1. The van der Waals surface area contributed by atoms with E-state index in [9.17, 15) is 4.79 Å². The molecule has 122 valence electrons. The third-order valence-corrected chi connectivity index (χ3v) is 4.86. The van der Waals surface area contributed by atoms with Gasteiger partial charge < -0.3 is 11.1 Å². The van der Waals surface area contributed by atoms with Crippen LogP contribution in [-0.2, 0) is 24.3 Å². The second-order valence-electron chi connectivity index (χ2n) is 6.51. The van der Waals surface area contributed by atoms with Crippen molar-refractivity contribution < 1.29 is 4.79 Å². The molecule has 0 aliphatic carbocycles. The highest BCUT2D eigenvalue weighted by molar-refractivity contribution is 7.15. The number of nitrogens with two attached hydrogens (primary N) is 1. The number of carbonyl (C=O) groups is 1. The molecular weight excluding hydrogens is 308 g/mol. The maximum atomic E-state index is 12.0. The molecule has 3 rings (SSSR count). The molecule has 0 bridgehead atoms. The quantitative estimate of drug-likeness (QED) is 0.903. The molecule has 0 unspecified atom stereocenters. The highest BCUT2D eigenvalue weighted by Crippen LogP contribution is 2.29. The van der Waals surface area contributed by atoms with Crippen molar-refractivity contribution in [3.8, 4) is 0 Å². The van der Waals surface area contributed by atoms with Crippen molar-refractivity contribution in [3.05, 3.63) is 46.5 Å². The molecule has 2 aromatic rings. The predicted octanol–water partition coefficient (Wildman–Crippen LogP) is 2.38. The normalized spacial score (nSPS) is 15.3. The van der Waals surface area contributed by atoms with E-state index in [0.29, 0.717) is 5.13 Å². The van der Waals surface area contributed by atoms with Gasteiger partial charge in [-0.25, -0.2) is 4.98 Å². The Balaban J connectivity index is 1.66. The zero-order valence-electron chi connectivity index (χ0n) is 13.5. The summed E-state index contributed by atoms with van der Waals surface area (Å²) < 4.78 is 0.